The van der Waals surface area contributed by atoms with Crippen molar-refractivity contribution in [2.24, 2.45) is 5.92 Å². The van der Waals surface area contributed by atoms with Crippen LogP contribution in [0, 0.1) is 5.92 Å². The highest BCUT2D eigenvalue weighted by molar-refractivity contribution is 6.43. The molecule has 0 spiro atoms. The lowest BCUT2D eigenvalue weighted by atomic mass is 9.98. The standard InChI is InChI=1S/C31H42Cl2N4O4/c1-5-34(4)31(39)41-30(22(2)3)37-27-21-24(13-11-23(27)12-14-28(37)38)40-20-7-6-15-35-16-18-36(19-17-35)26-10-8-9-25(32)29(26)33/h8-11,13,21-22,30H,5-7,12,14-20H2,1-4H3. The van der Waals surface area contributed by atoms with Crippen molar-refractivity contribution < 1.29 is 19.1 Å². The van der Waals surface area contributed by atoms with Crippen molar-refractivity contribution in [2.45, 2.75) is 52.7 Å². The lowest BCUT2D eigenvalue weighted by molar-refractivity contribution is -0.121. The summed E-state index contributed by atoms with van der Waals surface area (Å²) >= 11 is 12.6. The number of nitrogens with zero attached hydrogens (tertiary/aromatic N) is 4. The number of fused-ring (bicyclic) bond motifs is 1. The fraction of sp³-hybridized carbons (Fsp3) is 0.548. The summed E-state index contributed by atoms with van der Waals surface area (Å²) in [4.78, 5) is 33.6. The minimum Gasteiger partial charge on any atom is -0.494 e. The van der Waals surface area contributed by atoms with Gasteiger partial charge in [-0.25, -0.2) is 4.79 Å². The minimum atomic E-state index is -0.686. The maximum atomic E-state index is 13.1. The van der Waals surface area contributed by atoms with Crippen LogP contribution < -0.4 is 14.5 Å². The summed E-state index contributed by atoms with van der Waals surface area (Å²) in [6.45, 7) is 11.7. The number of amides is 2. The molecule has 2 aliphatic heterocycles. The van der Waals surface area contributed by atoms with E-state index in [-0.39, 0.29) is 11.8 Å². The van der Waals surface area contributed by atoms with Crippen LogP contribution in [-0.2, 0) is 16.0 Å². The molecule has 1 saturated heterocycles. The van der Waals surface area contributed by atoms with Gasteiger partial charge in [0, 0.05) is 58.2 Å². The Kier molecular flexibility index (Phi) is 11.0. The Morgan fingerprint density at radius 2 is 1.78 bits per heavy atom. The SMILES string of the molecule is CCN(C)C(=O)OC(C(C)C)N1C(=O)CCc2ccc(OCCCCN3CCN(c4cccc(Cl)c4Cl)CC3)cc21. The maximum Gasteiger partial charge on any atom is 0.411 e. The first-order chi connectivity index (χ1) is 19.7. The van der Waals surface area contributed by atoms with Crippen LogP contribution in [0.5, 0.6) is 5.75 Å². The van der Waals surface area contributed by atoms with Gasteiger partial charge in [-0.3, -0.25) is 14.6 Å². The molecule has 0 aliphatic carbocycles. The van der Waals surface area contributed by atoms with Gasteiger partial charge in [0.2, 0.25) is 5.91 Å². The van der Waals surface area contributed by atoms with E-state index in [1.807, 2.05) is 57.2 Å². The van der Waals surface area contributed by atoms with Crippen molar-refractivity contribution in [2.75, 3.05) is 62.7 Å². The molecule has 4 rings (SSSR count). The molecular weight excluding hydrogens is 563 g/mol. The molecule has 1 unspecified atom stereocenters. The van der Waals surface area contributed by atoms with E-state index in [0.29, 0.717) is 36.0 Å². The lowest BCUT2D eigenvalue weighted by Gasteiger charge is -2.38. The number of carbonyl (C=O) groups is 2. The van der Waals surface area contributed by atoms with Gasteiger partial charge >= 0.3 is 6.09 Å². The van der Waals surface area contributed by atoms with Gasteiger partial charge in [0.1, 0.15) is 5.75 Å². The Labute approximate surface area is 254 Å². The Morgan fingerprint density at radius 1 is 1.02 bits per heavy atom. The molecule has 2 heterocycles. The third kappa shape index (κ3) is 7.79. The number of hydrogen-bond donors (Lipinski definition) is 0. The van der Waals surface area contributed by atoms with Gasteiger partial charge in [-0.15, -0.1) is 0 Å². The molecule has 41 heavy (non-hydrogen) atoms. The molecule has 2 aromatic carbocycles. The fourth-order valence-corrected chi connectivity index (χ4v) is 5.65. The van der Waals surface area contributed by atoms with E-state index < -0.39 is 12.3 Å². The summed E-state index contributed by atoms with van der Waals surface area (Å²) in [5, 5.41) is 1.21. The summed E-state index contributed by atoms with van der Waals surface area (Å²) in [6, 6.07) is 11.7. The van der Waals surface area contributed by atoms with E-state index in [1.54, 1.807) is 11.9 Å². The molecule has 8 nitrogen and oxygen atoms in total. The van der Waals surface area contributed by atoms with E-state index in [1.165, 1.54) is 4.90 Å². The highest BCUT2D eigenvalue weighted by Gasteiger charge is 2.35. The van der Waals surface area contributed by atoms with Crippen LogP contribution in [0.15, 0.2) is 36.4 Å². The zero-order valence-electron chi connectivity index (χ0n) is 24.6. The van der Waals surface area contributed by atoms with Gasteiger partial charge in [0.25, 0.3) is 0 Å². The van der Waals surface area contributed by atoms with E-state index in [2.05, 4.69) is 9.80 Å². The van der Waals surface area contributed by atoms with Crippen molar-refractivity contribution in [3.05, 3.63) is 52.0 Å². The van der Waals surface area contributed by atoms with Crippen LogP contribution in [0.4, 0.5) is 16.2 Å². The molecule has 10 heteroatoms. The van der Waals surface area contributed by atoms with E-state index in [9.17, 15) is 9.59 Å². The molecule has 1 fully saturated rings. The highest BCUT2D eigenvalue weighted by Crippen LogP contribution is 2.35. The average molecular weight is 606 g/mol. The predicted octanol–water partition coefficient (Wildman–Crippen LogP) is 6.32. The number of rotatable bonds is 11. The van der Waals surface area contributed by atoms with Crippen LogP contribution in [0.2, 0.25) is 10.0 Å². The summed E-state index contributed by atoms with van der Waals surface area (Å²) in [7, 11) is 1.69. The summed E-state index contributed by atoms with van der Waals surface area (Å²) in [5.74, 6) is 0.598. The van der Waals surface area contributed by atoms with E-state index in [4.69, 9.17) is 32.7 Å². The monoisotopic (exact) mass is 604 g/mol. The molecule has 0 N–H and O–H groups in total. The van der Waals surface area contributed by atoms with E-state index in [0.717, 1.165) is 68.3 Å². The molecule has 2 aromatic rings. The second-order valence-electron chi connectivity index (χ2n) is 11.0. The first-order valence-electron chi connectivity index (χ1n) is 14.6. The van der Waals surface area contributed by atoms with Gasteiger partial charge in [-0.1, -0.05) is 49.2 Å². The van der Waals surface area contributed by atoms with Gasteiger partial charge in [-0.2, -0.15) is 0 Å². The molecule has 0 bridgehead atoms. The summed E-state index contributed by atoms with van der Waals surface area (Å²) in [6.07, 6.45) is 1.88. The summed E-state index contributed by atoms with van der Waals surface area (Å²) in [5.41, 5.74) is 2.83. The number of benzene rings is 2. The van der Waals surface area contributed by atoms with Crippen molar-refractivity contribution in [1.82, 2.24) is 9.80 Å². The van der Waals surface area contributed by atoms with Crippen molar-refractivity contribution in [3.63, 3.8) is 0 Å². The molecule has 2 amide bonds. The second-order valence-corrected chi connectivity index (χ2v) is 11.8. The fourth-order valence-electron chi connectivity index (χ4n) is 5.23. The number of carbonyl (C=O) groups excluding carboxylic acids is 2. The molecule has 1 atom stereocenters. The van der Waals surface area contributed by atoms with Crippen molar-refractivity contribution >= 4 is 46.6 Å². The van der Waals surface area contributed by atoms with Crippen LogP contribution in [0.1, 0.15) is 45.6 Å². The van der Waals surface area contributed by atoms with Gasteiger partial charge in [-0.05, 0) is 56.5 Å². The Hall–Kier alpha value is -2.68. The maximum absolute atomic E-state index is 13.1. The second kappa shape index (κ2) is 14.5. The average Bonchev–Trinajstić information content (AvgIpc) is 2.97. The first kappa shape index (κ1) is 31.3. The number of hydrogen-bond acceptors (Lipinski definition) is 6. The van der Waals surface area contributed by atoms with Crippen molar-refractivity contribution in [3.8, 4) is 5.75 Å². The normalized spacial score (nSPS) is 16.5. The Bertz CT molecular complexity index is 1200. The number of unbranched alkanes of at least 4 members (excludes halogenated alkanes) is 1. The van der Waals surface area contributed by atoms with E-state index >= 15 is 0 Å². The number of piperazine rings is 1. The first-order valence-corrected chi connectivity index (χ1v) is 15.4. The zero-order chi connectivity index (χ0) is 29.5. The van der Waals surface area contributed by atoms with Crippen LogP contribution >= 0.6 is 23.2 Å². The zero-order valence-corrected chi connectivity index (χ0v) is 26.1. The largest absolute Gasteiger partial charge is 0.494 e. The molecule has 0 saturated carbocycles. The van der Waals surface area contributed by atoms with Gasteiger partial charge in [0.15, 0.2) is 6.23 Å². The van der Waals surface area contributed by atoms with Gasteiger partial charge < -0.3 is 19.3 Å². The van der Waals surface area contributed by atoms with Crippen LogP contribution in [-0.4, -0.2) is 81.0 Å². The minimum absolute atomic E-state index is 0.0435. The van der Waals surface area contributed by atoms with Crippen LogP contribution in [0.25, 0.3) is 0 Å². The number of halogens is 2. The number of aryl methyl sites for hydroxylation is 1. The molecule has 0 aromatic heterocycles. The quantitative estimate of drug-likeness (QED) is 0.279. The topological polar surface area (TPSA) is 65.6 Å². The molecular formula is C31H42Cl2N4O4. The Balaban J connectivity index is 1.28. The molecule has 0 radical (unpaired) electrons. The predicted molar refractivity (Wildman–Crippen MR) is 166 cm³/mol. The number of ether oxygens (including phenoxy) is 2. The summed E-state index contributed by atoms with van der Waals surface area (Å²) < 4.78 is 11.9. The molecule has 2 aliphatic rings. The number of anilines is 2. The highest BCUT2D eigenvalue weighted by atomic mass is 35.5. The van der Waals surface area contributed by atoms with Gasteiger partial charge in [0.05, 0.1) is 28.0 Å². The third-order valence-electron chi connectivity index (χ3n) is 7.81. The Morgan fingerprint density at radius 3 is 2.49 bits per heavy atom. The van der Waals surface area contributed by atoms with Crippen molar-refractivity contribution in [1.29, 1.82) is 0 Å². The lowest BCUT2D eigenvalue weighted by Crippen LogP contribution is -2.49. The third-order valence-corrected chi connectivity index (χ3v) is 8.62. The molecule has 224 valence electrons. The van der Waals surface area contributed by atoms with Crippen LogP contribution in [0.3, 0.4) is 0 Å². The smallest absolute Gasteiger partial charge is 0.411 e.